The van der Waals surface area contributed by atoms with Crippen LogP contribution >= 0.6 is 11.8 Å². The molecule has 0 aromatic heterocycles. The van der Waals surface area contributed by atoms with Crippen LogP contribution in [0.3, 0.4) is 0 Å². The van der Waals surface area contributed by atoms with Gasteiger partial charge in [-0.2, -0.15) is 0 Å². The zero-order valence-corrected chi connectivity index (χ0v) is 15.8. The molecule has 1 heterocycles. The molecular formula is C20H23N3O2S. The number of hydrogen-bond donors (Lipinski definition) is 3. The lowest BCUT2D eigenvalue weighted by molar-refractivity contribution is -0.114. The highest BCUT2D eigenvalue weighted by molar-refractivity contribution is 7.98. The average molecular weight is 369 g/mol. The summed E-state index contributed by atoms with van der Waals surface area (Å²) in [5.74, 6) is -0.237. The molecule has 0 saturated carbocycles. The van der Waals surface area contributed by atoms with E-state index in [1.807, 2.05) is 18.4 Å². The van der Waals surface area contributed by atoms with Gasteiger partial charge in [-0.15, -0.1) is 11.8 Å². The van der Waals surface area contributed by atoms with Crippen LogP contribution in [0.1, 0.15) is 34.5 Å². The Labute approximate surface area is 157 Å². The summed E-state index contributed by atoms with van der Waals surface area (Å²) >= 11 is 1.50. The van der Waals surface area contributed by atoms with Gasteiger partial charge in [-0.3, -0.25) is 9.59 Å². The minimum Gasteiger partial charge on any atom is -0.350 e. The maximum Gasteiger partial charge on any atom is 0.251 e. The van der Waals surface area contributed by atoms with Crippen molar-refractivity contribution in [2.24, 2.45) is 0 Å². The molecule has 6 heteroatoms. The Morgan fingerprint density at radius 2 is 2.04 bits per heavy atom. The third kappa shape index (κ3) is 4.26. The van der Waals surface area contributed by atoms with Crippen LogP contribution in [0.25, 0.3) is 0 Å². The Morgan fingerprint density at radius 1 is 1.23 bits per heavy atom. The van der Waals surface area contributed by atoms with Crippen molar-refractivity contribution in [2.75, 3.05) is 24.7 Å². The van der Waals surface area contributed by atoms with Gasteiger partial charge in [-0.25, -0.2) is 0 Å². The van der Waals surface area contributed by atoms with Crippen LogP contribution in [0.2, 0.25) is 0 Å². The lowest BCUT2D eigenvalue weighted by Crippen LogP contribution is -2.38. The summed E-state index contributed by atoms with van der Waals surface area (Å²) in [5, 5.41) is 9.28. The quantitative estimate of drug-likeness (QED) is 0.709. The Morgan fingerprint density at radius 3 is 2.81 bits per heavy atom. The van der Waals surface area contributed by atoms with E-state index in [4.69, 9.17) is 0 Å². The zero-order chi connectivity index (χ0) is 18.5. The van der Waals surface area contributed by atoms with Gasteiger partial charge in [-0.05, 0) is 48.5 Å². The van der Waals surface area contributed by atoms with Crippen molar-refractivity contribution in [2.45, 2.75) is 24.3 Å². The molecular weight excluding hydrogens is 346 g/mol. The molecule has 0 saturated heterocycles. The summed E-state index contributed by atoms with van der Waals surface area (Å²) in [7, 11) is 0. The maximum absolute atomic E-state index is 12.6. The normalized spacial score (nSPS) is 15.8. The number of fused-ring (bicyclic) bond motifs is 1. The number of benzene rings is 2. The third-order valence-electron chi connectivity index (χ3n) is 4.46. The molecule has 0 aliphatic carbocycles. The van der Waals surface area contributed by atoms with Crippen LogP contribution in [-0.2, 0) is 11.2 Å². The molecule has 136 valence electrons. The Bertz CT molecular complexity index is 822. The van der Waals surface area contributed by atoms with Gasteiger partial charge in [0.15, 0.2) is 0 Å². The van der Waals surface area contributed by atoms with E-state index in [0.29, 0.717) is 12.1 Å². The van der Waals surface area contributed by atoms with Gasteiger partial charge in [0.1, 0.15) is 0 Å². The molecule has 3 rings (SSSR count). The largest absolute Gasteiger partial charge is 0.350 e. The molecule has 2 aromatic carbocycles. The molecule has 2 aromatic rings. The number of hydrogen-bond acceptors (Lipinski definition) is 4. The van der Waals surface area contributed by atoms with Crippen molar-refractivity contribution in [1.29, 1.82) is 0 Å². The van der Waals surface area contributed by atoms with Crippen molar-refractivity contribution in [3.05, 3.63) is 59.2 Å². The van der Waals surface area contributed by atoms with Crippen molar-refractivity contribution in [1.82, 2.24) is 10.6 Å². The third-order valence-corrected chi connectivity index (χ3v) is 5.23. The van der Waals surface area contributed by atoms with Gasteiger partial charge in [-0.1, -0.05) is 24.3 Å². The van der Waals surface area contributed by atoms with Crippen LogP contribution in [0, 0.1) is 0 Å². The minimum absolute atomic E-state index is 0.112. The first kappa shape index (κ1) is 18.5. The van der Waals surface area contributed by atoms with Crippen LogP contribution in [0.5, 0.6) is 0 Å². The fourth-order valence-corrected chi connectivity index (χ4v) is 3.78. The van der Waals surface area contributed by atoms with E-state index in [1.165, 1.54) is 29.8 Å². The van der Waals surface area contributed by atoms with Gasteiger partial charge < -0.3 is 16.0 Å². The second kappa shape index (κ2) is 8.38. The Kier molecular flexibility index (Phi) is 5.96. The van der Waals surface area contributed by atoms with Gasteiger partial charge in [0, 0.05) is 30.0 Å². The first-order chi connectivity index (χ1) is 12.6. The van der Waals surface area contributed by atoms with Crippen LogP contribution in [0.4, 0.5) is 5.69 Å². The van der Waals surface area contributed by atoms with Gasteiger partial charge >= 0.3 is 0 Å². The summed E-state index contributed by atoms with van der Waals surface area (Å²) < 4.78 is 0. The summed E-state index contributed by atoms with van der Waals surface area (Å²) in [6.07, 6.45) is 2.94. The number of anilines is 1. The number of amides is 2. The molecule has 2 amide bonds. The van der Waals surface area contributed by atoms with E-state index >= 15 is 0 Å². The predicted octanol–water partition coefficient (Wildman–Crippen LogP) is 2.98. The second-order valence-electron chi connectivity index (χ2n) is 6.26. The summed E-state index contributed by atoms with van der Waals surface area (Å²) in [6.45, 7) is 2.93. The van der Waals surface area contributed by atoms with Gasteiger partial charge in [0.05, 0.1) is 5.69 Å². The number of carbonyl (C=O) groups is 2. The standard InChI is InChI=1S/C20H23N3O2S/c1-13(24)23-17-8-7-15(11-19(17)26-2)20(25)22-12-18-16-6-4-3-5-14(16)9-10-21-18/h3-8,11,18,21H,9-10,12H2,1-2H3,(H,22,25)(H,23,24). The van der Waals surface area contributed by atoms with Crippen molar-refractivity contribution >= 4 is 29.3 Å². The second-order valence-corrected chi connectivity index (χ2v) is 7.11. The molecule has 1 atom stereocenters. The summed E-state index contributed by atoms with van der Waals surface area (Å²) in [6, 6.07) is 13.8. The number of rotatable bonds is 5. The van der Waals surface area contributed by atoms with Crippen molar-refractivity contribution in [3.8, 4) is 0 Å². The molecule has 0 radical (unpaired) electrons. The molecule has 1 aliphatic heterocycles. The fraction of sp³-hybridized carbons (Fsp3) is 0.300. The number of thioether (sulfide) groups is 1. The number of nitrogens with one attached hydrogen (secondary N) is 3. The zero-order valence-electron chi connectivity index (χ0n) is 15.0. The predicted molar refractivity (Wildman–Crippen MR) is 106 cm³/mol. The Balaban J connectivity index is 1.68. The van der Waals surface area contributed by atoms with Gasteiger partial charge in [0.2, 0.25) is 5.91 Å². The van der Waals surface area contributed by atoms with Crippen LogP contribution in [0.15, 0.2) is 47.4 Å². The molecule has 0 bridgehead atoms. The SMILES string of the molecule is CSc1cc(C(=O)NCC2NCCc3ccccc32)ccc1NC(C)=O. The highest BCUT2D eigenvalue weighted by atomic mass is 32.2. The number of carbonyl (C=O) groups excluding carboxylic acids is 2. The molecule has 0 fully saturated rings. The molecule has 3 N–H and O–H groups in total. The van der Waals surface area contributed by atoms with Gasteiger partial charge in [0.25, 0.3) is 5.91 Å². The highest BCUT2D eigenvalue weighted by Gasteiger charge is 2.20. The van der Waals surface area contributed by atoms with E-state index in [1.54, 1.807) is 12.1 Å². The molecule has 5 nitrogen and oxygen atoms in total. The highest BCUT2D eigenvalue weighted by Crippen LogP contribution is 2.27. The van der Waals surface area contributed by atoms with Crippen molar-refractivity contribution < 1.29 is 9.59 Å². The van der Waals surface area contributed by atoms with E-state index in [0.717, 1.165) is 23.5 Å². The summed E-state index contributed by atoms with van der Waals surface area (Å²) in [4.78, 5) is 24.7. The average Bonchev–Trinajstić information content (AvgIpc) is 2.66. The van der Waals surface area contributed by atoms with Crippen molar-refractivity contribution in [3.63, 3.8) is 0 Å². The minimum atomic E-state index is -0.125. The van der Waals surface area contributed by atoms with E-state index in [2.05, 4.69) is 34.1 Å². The van der Waals surface area contributed by atoms with E-state index in [-0.39, 0.29) is 17.9 Å². The van der Waals surface area contributed by atoms with Crippen LogP contribution < -0.4 is 16.0 Å². The van der Waals surface area contributed by atoms with E-state index in [9.17, 15) is 9.59 Å². The summed E-state index contributed by atoms with van der Waals surface area (Å²) in [5.41, 5.74) is 3.91. The molecule has 26 heavy (non-hydrogen) atoms. The first-order valence-electron chi connectivity index (χ1n) is 8.63. The van der Waals surface area contributed by atoms with E-state index < -0.39 is 0 Å². The topological polar surface area (TPSA) is 70.2 Å². The fourth-order valence-electron chi connectivity index (χ4n) is 3.20. The lowest BCUT2D eigenvalue weighted by atomic mass is 9.94. The smallest absolute Gasteiger partial charge is 0.251 e. The molecule has 1 aliphatic rings. The molecule has 0 spiro atoms. The maximum atomic E-state index is 12.6. The Hall–Kier alpha value is -2.31. The van der Waals surface area contributed by atoms with Crippen LogP contribution in [-0.4, -0.2) is 31.2 Å². The monoisotopic (exact) mass is 369 g/mol. The molecule has 1 unspecified atom stereocenters. The first-order valence-corrected chi connectivity index (χ1v) is 9.86. The lowest BCUT2D eigenvalue weighted by Gasteiger charge is -2.27.